The summed E-state index contributed by atoms with van der Waals surface area (Å²) in [5.41, 5.74) is 3.21. The number of rotatable bonds is 2. The molecule has 1 saturated heterocycles. The first-order valence-corrected chi connectivity index (χ1v) is 6.60. The number of hydrogen-bond donors (Lipinski definition) is 1. The Kier molecular flexibility index (Phi) is 3.21. The van der Waals surface area contributed by atoms with Gasteiger partial charge in [-0.2, -0.15) is 5.10 Å². The second-order valence-electron chi connectivity index (χ2n) is 5.03. The van der Waals surface area contributed by atoms with E-state index in [2.05, 4.69) is 33.4 Å². The van der Waals surface area contributed by atoms with Crippen LogP contribution in [-0.4, -0.2) is 38.7 Å². The Labute approximate surface area is 112 Å². The molecule has 1 aromatic heterocycles. The molecule has 19 heavy (non-hydrogen) atoms. The van der Waals surface area contributed by atoms with Crippen LogP contribution in [0.4, 0.5) is 0 Å². The van der Waals surface area contributed by atoms with E-state index in [1.54, 1.807) is 0 Å². The summed E-state index contributed by atoms with van der Waals surface area (Å²) in [7, 11) is 1.98. The number of para-hydroxylation sites is 1. The number of benzene rings is 1. The average molecular weight is 258 g/mol. The number of aromatic nitrogens is 2. The van der Waals surface area contributed by atoms with Crippen molar-refractivity contribution in [3.63, 3.8) is 0 Å². The van der Waals surface area contributed by atoms with E-state index in [0.717, 1.165) is 43.9 Å². The van der Waals surface area contributed by atoms with E-state index < -0.39 is 0 Å². The molecule has 0 aliphatic carbocycles. The fourth-order valence-electron chi connectivity index (χ4n) is 2.69. The van der Waals surface area contributed by atoms with Gasteiger partial charge < -0.3 is 5.21 Å². The van der Waals surface area contributed by atoms with Gasteiger partial charge in [0.25, 0.3) is 0 Å². The lowest BCUT2D eigenvalue weighted by atomic mass is 10.1. The van der Waals surface area contributed by atoms with Crippen molar-refractivity contribution in [1.82, 2.24) is 14.7 Å². The van der Waals surface area contributed by atoms with Crippen LogP contribution in [0.3, 0.4) is 0 Å². The highest BCUT2D eigenvalue weighted by Gasteiger charge is 2.18. The maximum atomic E-state index is 8.77. The first kappa shape index (κ1) is 12.2. The highest BCUT2D eigenvalue weighted by Crippen LogP contribution is 2.20. The molecule has 0 unspecified atom stereocenters. The number of fused-ring (bicyclic) bond motifs is 1. The lowest BCUT2D eigenvalue weighted by molar-refractivity contribution is 0.254. The van der Waals surface area contributed by atoms with Gasteiger partial charge in [0, 0.05) is 44.9 Å². The van der Waals surface area contributed by atoms with Crippen molar-refractivity contribution in [3.8, 4) is 0 Å². The minimum atomic E-state index is 0.848. The topological polar surface area (TPSA) is 53.7 Å². The minimum absolute atomic E-state index is 0.848. The van der Waals surface area contributed by atoms with Crippen molar-refractivity contribution >= 4 is 16.6 Å². The van der Waals surface area contributed by atoms with Crippen LogP contribution in [0.2, 0.25) is 0 Å². The monoisotopic (exact) mass is 258 g/mol. The molecule has 0 atom stereocenters. The zero-order valence-electron chi connectivity index (χ0n) is 11.1. The number of likely N-dealkylation sites (tertiary alicyclic amines) is 1. The van der Waals surface area contributed by atoms with Crippen molar-refractivity contribution in [3.05, 3.63) is 30.0 Å². The van der Waals surface area contributed by atoms with Gasteiger partial charge in [0.05, 0.1) is 16.9 Å². The van der Waals surface area contributed by atoms with E-state index in [9.17, 15) is 0 Å². The highest BCUT2D eigenvalue weighted by molar-refractivity contribution is 5.85. The molecule has 2 aromatic rings. The summed E-state index contributed by atoms with van der Waals surface area (Å²) in [5.74, 6) is 0. The molecule has 0 saturated carbocycles. The summed E-state index contributed by atoms with van der Waals surface area (Å²) < 4.78 is 1.94. The second-order valence-corrected chi connectivity index (χ2v) is 5.03. The van der Waals surface area contributed by atoms with Crippen LogP contribution in [-0.2, 0) is 13.6 Å². The molecular formula is C14H18N4O. The molecule has 0 radical (unpaired) electrons. The molecule has 1 N–H and O–H groups in total. The summed E-state index contributed by atoms with van der Waals surface area (Å²) >= 11 is 0. The van der Waals surface area contributed by atoms with Crippen LogP contribution >= 0.6 is 0 Å². The fraction of sp³-hybridized carbons (Fsp3) is 0.429. The number of oxime groups is 1. The van der Waals surface area contributed by atoms with E-state index in [1.807, 2.05) is 17.8 Å². The Morgan fingerprint density at radius 2 is 2.00 bits per heavy atom. The molecule has 0 bridgehead atoms. The van der Waals surface area contributed by atoms with Gasteiger partial charge in [0.2, 0.25) is 0 Å². The van der Waals surface area contributed by atoms with Crippen molar-refractivity contribution in [1.29, 1.82) is 0 Å². The third-order valence-electron chi connectivity index (χ3n) is 3.78. The Morgan fingerprint density at radius 3 is 2.74 bits per heavy atom. The summed E-state index contributed by atoms with van der Waals surface area (Å²) in [5, 5.41) is 17.9. The molecule has 5 heteroatoms. The van der Waals surface area contributed by atoms with Gasteiger partial charge in [0.15, 0.2) is 0 Å². The first-order valence-electron chi connectivity index (χ1n) is 6.60. The fourth-order valence-corrected chi connectivity index (χ4v) is 2.69. The maximum absolute atomic E-state index is 8.77. The third-order valence-corrected chi connectivity index (χ3v) is 3.78. The SMILES string of the molecule is Cn1nc(CN2CCC(=NO)CC2)c2ccccc21. The Balaban J connectivity index is 1.79. The van der Waals surface area contributed by atoms with Crippen LogP contribution in [0.25, 0.3) is 10.9 Å². The van der Waals surface area contributed by atoms with E-state index in [0.29, 0.717) is 0 Å². The number of piperidine rings is 1. The second kappa shape index (κ2) is 5.01. The lowest BCUT2D eigenvalue weighted by Crippen LogP contribution is -2.33. The van der Waals surface area contributed by atoms with Gasteiger partial charge in [0.1, 0.15) is 0 Å². The molecule has 1 aliphatic heterocycles. The van der Waals surface area contributed by atoms with Gasteiger partial charge in [-0.25, -0.2) is 0 Å². The number of aryl methyl sites for hydroxylation is 1. The normalized spacial score (nSPS) is 17.0. The predicted molar refractivity (Wildman–Crippen MR) is 74.4 cm³/mol. The smallest absolute Gasteiger partial charge is 0.0843 e. The van der Waals surface area contributed by atoms with Gasteiger partial charge in [-0.05, 0) is 6.07 Å². The highest BCUT2D eigenvalue weighted by atomic mass is 16.4. The van der Waals surface area contributed by atoms with E-state index in [4.69, 9.17) is 5.21 Å². The molecule has 2 heterocycles. The molecule has 1 fully saturated rings. The summed E-state index contributed by atoms with van der Waals surface area (Å²) in [6.45, 7) is 2.73. The van der Waals surface area contributed by atoms with E-state index in [1.165, 1.54) is 10.9 Å². The molecule has 0 amide bonds. The van der Waals surface area contributed by atoms with Crippen LogP contribution in [0.5, 0.6) is 0 Å². The summed E-state index contributed by atoms with van der Waals surface area (Å²) in [6, 6.07) is 8.32. The zero-order valence-corrected chi connectivity index (χ0v) is 11.1. The van der Waals surface area contributed by atoms with Crippen LogP contribution < -0.4 is 0 Å². The third kappa shape index (κ3) is 2.33. The molecule has 5 nitrogen and oxygen atoms in total. The van der Waals surface area contributed by atoms with Crippen LogP contribution in [0, 0.1) is 0 Å². The molecule has 0 spiro atoms. The Hall–Kier alpha value is -1.88. The van der Waals surface area contributed by atoms with Crippen LogP contribution in [0.15, 0.2) is 29.4 Å². The number of hydrogen-bond acceptors (Lipinski definition) is 4. The maximum Gasteiger partial charge on any atom is 0.0843 e. The molecule has 1 aromatic carbocycles. The molecule has 3 rings (SSSR count). The molecule has 100 valence electrons. The quantitative estimate of drug-likeness (QED) is 0.662. The zero-order chi connectivity index (χ0) is 13.2. The predicted octanol–water partition coefficient (Wildman–Crippen LogP) is 2.00. The molecular weight excluding hydrogens is 240 g/mol. The lowest BCUT2D eigenvalue weighted by Gasteiger charge is -2.26. The first-order chi connectivity index (χ1) is 9.28. The van der Waals surface area contributed by atoms with Gasteiger partial charge in [-0.3, -0.25) is 9.58 Å². The van der Waals surface area contributed by atoms with Crippen molar-refractivity contribution in [2.45, 2.75) is 19.4 Å². The largest absolute Gasteiger partial charge is 0.411 e. The van der Waals surface area contributed by atoms with Crippen LogP contribution in [0.1, 0.15) is 18.5 Å². The van der Waals surface area contributed by atoms with Crippen molar-refractivity contribution in [2.75, 3.05) is 13.1 Å². The van der Waals surface area contributed by atoms with E-state index >= 15 is 0 Å². The minimum Gasteiger partial charge on any atom is -0.411 e. The van der Waals surface area contributed by atoms with Gasteiger partial charge in [-0.15, -0.1) is 0 Å². The van der Waals surface area contributed by atoms with Gasteiger partial charge in [-0.1, -0.05) is 23.4 Å². The Morgan fingerprint density at radius 1 is 1.26 bits per heavy atom. The van der Waals surface area contributed by atoms with E-state index in [-0.39, 0.29) is 0 Å². The molecule has 1 aliphatic rings. The van der Waals surface area contributed by atoms with Crippen molar-refractivity contribution < 1.29 is 5.21 Å². The summed E-state index contributed by atoms with van der Waals surface area (Å²) in [4.78, 5) is 2.36. The Bertz CT molecular complexity index is 607. The number of nitrogens with zero attached hydrogens (tertiary/aromatic N) is 4. The summed E-state index contributed by atoms with van der Waals surface area (Å²) in [6.07, 6.45) is 1.70. The average Bonchev–Trinajstić information content (AvgIpc) is 2.77. The standard InChI is InChI=1S/C14H18N4O/c1-17-14-5-3-2-4-12(14)13(15-17)10-18-8-6-11(16-19)7-9-18/h2-5,19H,6-10H2,1H3. The van der Waals surface area contributed by atoms with Crippen molar-refractivity contribution in [2.24, 2.45) is 12.2 Å². The van der Waals surface area contributed by atoms with Gasteiger partial charge >= 0.3 is 0 Å².